The van der Waals surface area contributed by atoms with Crippen molar-refractivity contribution in [2.75, 3.05) is 16.3 Å². The van der Waals surface area contributed by atoms with Crippen LogP contribution in [0.4, 0.5) is 10.8 Å². The Labute approximate surface area is 158 Å². The summed E-state index contributed by atoms with van der Waals surface area (Å²) >= 11 is 1.61. The molecule has 1 atom stereocenters. The SMILES string of the molecule is Cc1sc(N[C@@H](C)c2ccccc2)nc1-c1ccc(NS(C)(=O)=O)cc1. The van der Waals surface area contributed by atoms with Crippen LogP contribution in [-0.2, 0) is 10.0 Å². The van der Waals surface area contributed by atoms with E-state index in [1.54, 1.807) is 23.5 Å². The lowest BCUT2D eigenvalue weighted by molar-refractivity contribution is 0.607. The van der Waals surface area contributed by atoms with Gasteiger partial charge < -0.3 is 5.32 Å². The van der Waals surface area contributed by atoms with Crippen LogP contribution in [0, 0.1) is 6.92 Å². The Morgan fingerprint density at radius 2 is 1.69 bits per heavy atom. The molecule has 0 spiro atoms. The van der Waals surface area contributed by atoms with Crippen LogP contribution in [0.25, 0.3) is 11.3 Å². The van der Waals surface area contributed by atoms with E-state index in [2.05, 4.69) is 29.1 Å². The number of thiazole rings is 1. The number of rotatable bonds is 6. The molecule has 2 aromatic carbocycles. The van der Waals surface area contributed by atoms with Gasteiger partial charge in [-0.2, -0.15) is 0 Å². The lowest BCUT2D eigenvalue weighted by atomic mass is 10.1. The first kappa shape index (κ1) is 18.4. The molecule has 0 unspecified atom stereocenters. The van der Waals surface area contributed by atoms with Crippen LogP contribution in [0.15, 0.2) is 54.6 Å². The van der Waals surface area contributed by atoms with Crippen molar-refractivity contribution in [2.24, 2.45) is 0 Å². The van der Waals surface area contributed by atoms with E-state index in [1.807, 2.05) is 37.3 Å². The summed E-state index contributed by atoms with van der Waals surface area (Å²) in [6.45, 7) is 4.14. The van der Waals surface area contributed by atoms with E-state index in [9.17, 15) is 8.42 Å². The zero-order valence-electron chi connectivity index (χ0n) is 14.9. The molecule has 5 nitrogen and oxygen atoms in total. The molecule has 136 valence electrons. The van der Waals surface area contributed by atoms with E-state index in [-0.39, 0.29) is 6.04 Å². The monoisotopic (exact) mass is 387 g/mol. The largest absolute Gasteiger partial charge is 0.355 e. The Morgan fingerprint density at radius 3 is 2.31 bits per heavy atom. The predicted octanol–water partition coefficient (Wildman–Crippen LogP) is 4.66. The molecule has 0 radical (unpaired) electrons. The normalized spacial score (nSPS) is 12.6. The number of aryl methyl sites for hydroxylation is 1. The second-order valence-electron chi connectivity index (χ2n) is 6.15. The molecule has 1 heterocycles. The number of sulfonamides is 1. The third kappa shape index (κ3) is 4.62. The highest BCUT2D eigenvalue weighted by Gasteiger charge is 2.13. The van der Waals surface area contributed by atoms with Gasteiger partial charge >= 0.3 is 0 Å². The van der Waals surface area contributed by atoms with Crippen LogP contribution in [0.1, 0.15) is 23.4 Å². The van der Waals surface area contributed by atoms with E-state index in [4.69, 9.17) is 4.98 Å². The number of hydrogen-bond donors (Lipinski definition) is 2. The van der Waals surface area contributed by atoms with Gasteiger partial charge in [0.25, 0.3) is 0 Å². The average Bonchev–Trinajstić information content (AvgIpc) is 2.95. The molecule has 3 aromatic rings. The highest BCUT2D eigenvalue weighted by molar-refractivity contribution is 7.92. The third-order valence-electron chi connectivity index (χ3n) is 3.90. The van der Waals surface area contributed by atoms with Gasteiger partial charge in [0.15, 0.2) is 5.13 Å². The molecule has 0 aliphatic rings. The fourth-order valence-corrected chi connectivity index (χ4v) is 4.13. The summed E-state index contributed by atoms with van der Waals surface area (Å²) < 4.78 is 25.1. The molecule has 0 aliphatic heterocycles. The van der Waals surface area contributed by atoms with Gasteiger partial charge in [-0.05, 0) is 31.5 Å². The summed E-state index contributed by atoms with van der Waals surface area (Å²) in [5.41, 5.74) is 3.61. The van der Waals surface area contributed by atoms with Crippen molar-refractivity contribution in [3.05, 3.63) is 65.0 Å². The van der Waals surface area contributed by atoms with E-state index in [0.717, 1.165) is 27.5 Å². The number of aromatic nitrogens is 1. The van der Waals surface area contributed by atoms with Gasteiger partial charge in [-0.1, -0.05) is 42.5 Å². The summed E-state index contributed by atoms with van der Waals surface area (Å²) in [6, 6.07) is 17.6. The number of nitrogens with zero attached hydrogens (tertiary/aromatic N) is 1. The van der Waals surface area contributed by atoms with E-state index >= 15 is 0 Å². The molecule has 0 aliphatic carbocycles. The zero-order chi connectivity index (χ0) is 18.7. The molecule has 0 amide bonds. The quantitative estimate of drug-likeness (QED) is 0.645. The van der Waals surface area contributed by atoms with Crippen molar-refractivity contribution in [1.29, 1.82) is 0 Å². The van der Waals surface area contributed by atoms with Gasteiger partial charge in [-0.15, -0.1) is 11.3 Å². The smallest absolute Gasteiger partial charge is 0.229 e. The summed E-state index contributed by atoms with van der Waals surface area (Å²) in [7, 11) is -3.27. The van der Waals surface area contributed by atoms with Gasteiger partial charge in [-0.25, -0.2) is 13.4 Å². The van der Waals surface area contributed by atoms with Crippen molar-refractivity contribution in [1.82, 2.24) is 4.98 Å². The molecule has 0 saturated heterocycles. The van der Waals surface area contributed by atoms with Gasteiger partial charge in [0.1, 0.15) is 0 Å². The zero-order valence-corrected chi connectivity index (χ0v) is 16.5. The number of benzene rings is 2. The van der Waals surface area contributed by atoms with Crippen LogP contribution in [0.3, 0.4) is 0 Å². The maximum absolute atomic E-state index is 11.3. The summed E-state index contributed by atoms with van der Waals surface area (Å²) in [4.78, 5) is 5.83. The van der Waals surface area contributed by atoms with Gasteiger partial charge in [0.2, 0.25) is 10.0 Å². The van der Waals surface area contributed by atoms with Crippen molar-refractivity contribution in [3.63, 3.8) is 0 Å². The fourth-order valence-electron chi connectivity index (χ4n) is 2.65. The molecule has 2 N–H and O–H groups in total. The molecule has 26 heavy (non-hydrogen) atoms. The Bertz CT molecular complexity index is 981. The Kier molecular flexibility index (Phi) is 5.29. The number of hydrogen-bond acceptors (Lipinski definition) is 5. The highest BCUT2D eigenvalue weighted by atomic mass is 32.2. The minimum atomic E-state index is -3.27. The van der Waals surface area contributed by atoms with E-state index in [1.165, 1.54) is 5.56 Å². The van der Waals surface area contributed by atoms with Crippen molar-refractivity contribution < 1.29 is 8.42 Å². The molecule has 0 bridgehead atoms. The van der Waals surface area contributed by atoms with Crippen LogP contribution >= 0.6 is 11.3 Å². The first-order valence-electron chi connectivity index (χ1n) is 8.19. The summed E-state index contributed by atoms with van der Waals surface area (Å²) in [5, 5.41) is 4.32. The maximum atomic E-state index is 11.3. The lowest BCUT2D eigenvalue weighted by Crippen LogP contribution is -2.09. The molecule has 0 saturated carbocycles. The van der Waals surface area contributed by atoms with Crippen LogP contribution < -0.4 is 10.0 Å². The minimum Gasteiger partial charge on any atom is -0.355 e. The predicted molar refractivity (Wildman–Crippen MR) is 109 cm³/mol. The van der Waals surface area contributed by atoms with Crippen molar-refractivity contribution in [2.45, 2.75) is 19.9 Å². The maximum Gasteiger partial charge on any atom is 0.229 e. The van der Waals surface area contributed by atoms with Crippen LogP contribution in [0.2, 0.25) is 0 Å². The Morgan fingerprint density at radius 1 is 1.04 bits per heavy atom. The van der Waals surface area contributed by atoms with Crippen LogP contribution in [0.5, 0.6) is 0 Å². The second-order valence-corrected chi connectivity index (χ2v) is 9.10. The fraction of sp³-hybridized carbons (Fsp3) is 0.211. The molecule has 1 aromatic heterocycles. The lowest BCUT2D eigenvalue weighted by Gasteiger charge is -2.12. The number of anilines is 2. The summed E-state index contributed by atoms with van der Waals surface area (Å²) in [6.07, 6.45) is 1.14. The third-order valence-corrected chi connectivity index (χ3v) is 5.41. The van der Waals surface area contributed by atoms with Crippen molar-refractivity contribution >= 4 is 32.2 Å². The Balaban J connectivity index is 1.78. The highest BCUT2D eigenvalue weighted by Crippen LogP contribution is 2.32. The van der Waals surface area contributed by atoms with E-state index in [0.29, 0.717) is 5.69 Å². The first-order valence-corrected chi connectivity index (χ1v) is 10.9. The second kappa shape index (κ2) is 7.47. The number of nitrogens with one attached hydrogen (secondary N) is 2. The molecular formula is C19H21N3O2S2. The van der Waals surface area contributed by atoms with Crippen LogP contribution in [-0.4, -0.2) is 19.7 Å². The minimum absolute atomic E-state index is 0.163. The molecule has 3 rings (SSSR count). The molecule has 7 heteroatoms. The van der Waals surface area contributed by atoms with Gasteiger partial charge in [-0.3, -0.25) is 4.72 Å². The van der Waals surface area contributed by atoms with Crippen molar-refractivity contribution in [3.8, 4) is 11.3 Å². The topological polar surface area (TPSA) is 71.1 Å². The van der Waals surface area contributed by atoms with Gasteiger partial charge in [0, 0.05) is 16.1 Å². The Hall–Kier alpha value is -2.38. The van der Waals surface area contributed by atoms with Gasteiger partial charge in [0.05, 0.1) is 18.0 Å². The summed E-state index contributed by atoms with van der Waals surface area (Å²) in [5.74, 6) is 0. The molecular weight excluding hydrogens is 366 g/mol. The average molecular weight is 388 g/mol. The molecule has 0 fully saturated rings. The standard InChI is InChI=1S/C19H21N3O2S2/c1-13(15-7-5-4-6-8-15)20-19-21-18(14(2)25-19)16-9-11-17(12-10-16)22-26(3,23)24/h4-13,22H,1-3H3,(H,20,21)/t13-/m0/s1. The van der Waals surface area contributed by atoms with E-state index < -0.39 is 10.0 Å². The first-order chi connectivity index (χ1) is 12.3.